The fourth-order valence-corrected chi connectivity index (χ4v) is 15.0. The molecule has 6 aromatic rings. The Morgan fingerprint density at radius 2 is 0.704 bits per heavy atom. The molecular weight excluding hydrogens is 705 g/mol. The number of rotatable bonds is 16. The van der Waals surface area contributed by atoms with Crippen LogP contribution in [0.1, 0.15) is 0 Å². The molecule has 54 heavy (non-hydrogen) atoms. The van der Waals surface area contributed by atoms with Gasteiger partial charge < -0.3 is 18.3 Å². The Morgan fingerprint density at radius 1 is 0.444 bits per heavy atom. The zero-order chi connectivity index (χ0) is 37.8. The minimum Gasteiger partial charge on any atom is -0.469 e. The Bertz CT molecular complexity index is 1910. The number of ether oxygens (including phenoxy) is 2. The Labute approximate surface area is 319 Å². The summed E-state index contributed by atoms with van der Waals surface area (Å²) in [5, 5.41) is 6.07. The molecule has 6 aromatic carbocycles. The van der Waals surface area contributed by atoms with E-state index in [9.17, 15) is 9.59 Å². The lowest BCUT2D eigenvalue weighted by molar-refractivity contribution is -0.149. The van der Waals surface area contributed by atoms with Gasteiger partial charge in [0.2, 0.25) is 0 Å². The fourth-order valence-electron chi connectivity index (χ4n) is 7.21. The van der Waals surface area contributed by atoms with Crippen LogP contribution in [0.5, 0.6) is 0 Å². The topological polar surface area (TPSA) is 71.1 Å². The molecule has 0 saturated heterocycles. The average Bonchev–Trinajstić information content (AvgIpc) is 3.26. The fraction of sp³-hybridized carbons (Fsp3) is 0.130. The second kappa shape index (κ2) is 17.9. The maximum Gasteiger partial charge on any atom is 0.333 e. The van der Waals surface area contributed by atoms with Crippen LogP contribution in [0.2, 0.25) is 0 Å². The van der Waals surface area contributed by atoms with Gasteiger partial charge in [-0.2, -0.15) is 0 Å². The van der Waals surface area contributed by atoms with Gasteiger partial charge in [-0.25, -0.2) is 4.79 Å². The molecule has 0 N–H and O–H groups in total. The van der Waals surface area contributed by atoms with Crippen LogP contribution in [0, 0.1) is 11.8 Å². The van der Waals surface area contributed by atoms with E-state index in [-0.39, 0.29) is 18.8 Å². The Kier molecular flexibility index (Phi) is 12.6. The van der Waals surface area contributed by atoms with E-state index in [1.807, 2.05) is 109 Å². The molecule has 272 valence electrons. The number of hydrogen-bond acceptors (Lipinski definition) is 6. The average molecular weight is 749 g/mol. The predicted molar refractivity (Wildman–Crippen MR) is 220 cm³/mol. The van der Waals surface area contributed by atoms with Crippen molar-refractivity contribution in [3.63, 3.8) is 0 Å². The number of esters is 2. The van der Waals surface area contributed by atoms with E-state index in [0.717, 1.165) is 31.1 Å². The van der Waals surface area contributed by atoms with Crippen LogP contribution in [-0.2, 0) is 27.9 Å². The molecular formula is C46H44O6Si2. The molecule has 2 atom stereocenters. The molecule has 0 aromatic heterocycles. The predicted octanol–water partition coefficient (Wildman–Crippen LogP) is 4.49. The third-order valence-electron chi connectivity index (χ3n) is 9.93. The maximum atomic E-state index is 14.1. The van der Waals surface area contributed by atoms with Gasteiger partial charge in [0.25, 0.3) is 16.6 Å². The first-order valence-electron chi connectivity index (χ1n) is 17.9. The van der Waals surface area contributed by atoms with E-state index < -0.39 is 40.4 Å². The van der Waals surface area contributed by atoms with E-state index >= 15 is 0 Å². The molecule has 0 radical (unpaired) electrons. The Morgan fingerprint density at radius 3 is 0.944 bits per heavy atom. The van der Waals surface area contributed by atoms with Crippen molar-refractivity contribution in [2.24, 2.45) is 11.8 Å². The lowest BCUT2D eigenvalue weighted by atomic mass is 9.87. The summed E-state index contributed by atoms with van der Waals surface area (Å²) < 4.78 is 25.4. The minimum atomic E-state index is -3.26. The second-order valence-electron chi connectivity index (χ2n) is 12.9. The van der Waals surface area contributed by atoms with E-state index in [0.29, 0.717) is 0 Å². The monoisotopic (exact) mass is 748 g/mol. The van der Waals surface area contributed by atoms with E-state index in [1.165, 1.54) is 14.2 Å². The summed E-state index contributed by atoms with van der Waals surface area (Å²) in [7, 11) is -3.87. The van der Waals surface area contributed by atoms with Crippen LogP contribution in [0.15, 0.2) is 194 Å². The van der Waals surface area contributed by atoms with Crippen molar-refractivity contribution in [2.45, 2.75) is 0 Å². The number of benzene rings is 6. The molecule has 0 saturated carbocycles. The third kappa shape index (κ3) is 7.83. The summed E-state index contributed by atoms with van der Waals surface area (Å²) in [6, 6.07) is 60.8. The first-order chi connectivity index (χ1) is 26.5. The SMILES string of the molecule is C=C(C(=O)OC)[C@@H](CO[Si](c1ccccc1)(c1ccccc1)c1ccccc1)[C@@H](CO[Si](c1ccccc1)(c1ccccc1)c1ccccc1)C(=O)OC. The number of methoxy groups -OCH3 is 2. The van der Waals surface area contributed by atoms with E-state index in [4.69, 9.17) is 18.3 Å². The molecule has 0 aliphatic rings. The van der Waals surface area contributed by atoms with Gasteiger partial charge in [0, 0.05) is 24.7 Å². The van der Waals surface area contributed by atoms with Gasteiger partial charge in [-0.3, -0.25) is 4.79 Å². The molecule has 8 heteroatoms. The molecule has 0 unspecified atom stereocenters. The van der Waals surface area contributed by atoms with E-state index in [1.54, 1.807) is 0 Å². The lowest BCUT2D eigenvalue weighted by Crippen LogP contribution is -2.70. The van der Waals surface area contributed by atoms with Crippen LogP contribution >= 0.6 is 0 Å². The summed E-state index contributed by atoms with van der Waals surface area (Å²) in [5.74, 6) is -3.04. The van der Waals surface area contributed by atoms with Crippen LogP contribution in [0.3, 0.4) is 0 Å². The summed E-state index contributed by atoms with van der Waals surface area (Å²) in [4.78, 5) is 27.5. The van der Waals surface area contributed by atoms with Crippen LogP contribution in [-0.4, -0.2) is 56.0 Å². The van der Waals surface area contributed by atoms with Crippen LogP contribution in [0.25, 0.3) is 0 Å². The normalized spacial score (nSPS) is 12.6. The summed E-state index contributed by atoms with van der Waals surface area (Å²) in [6.07, 6.45) is 0. The molecule has 0 aliphatic carbocycles. The van der Waals surface area contributed by atoms with Gasteiger partial charge in [0.15, 0.2) is 0 Å². The summed E-state index contributed by atoms with van der Waals surface area (Å²) in [5.41, 5.74) is 0.0972. The first-order valence-corrected chi connectivity index (χ1v) is 21.7. The maximum absolute atomic E-state index is 14.1. The van der Waals surface area contributed by atoms with Crippen molar-refractivity contribution in [3.05, 3.63) is 194 Å². The molecule has 0 amide bonds. The molecule has 0 aliphatic heterocycles. The van der Waals surface area contributed by atoms with Crippen LogP contribution in [0.4, 0.5) is 0 Å². The molecule has 6 nitrogen and oxygen atoms in total. The number of carbonyl (C=O) groups excluding carboxylic acids is 2. The van der Waals surface area contributed by atoms with Gasteiger partial charge in [-0.1, -0.05) is 189 Å². The summed E-state index contributed by atoms with van der Waals surface area (Å²) >= 11 is 0. The zero-order valence-electron chi connectivity index (χ0n) is 30.5. The van der Waals surface area contributed by atoms with Crippen LogP contribution < -0.4 is 31.1 Å². The highest BCUT2D eigenvalue weighted by atomic mass is 28.4. The quantitative estimate of drug-likeness (QED) is 0.0630. The Balaban J connectivity index is 1.49. The van der Waals surface area contributed by atoms with Crippen molar-refractivity contribution in [1.82, 2.24) is 0 Å². The van der Waals surface area contributed by atoms with Crippen molar-refractivity contribution in [1.29, 1.82) is 0 Å². The summed E-state index contributed by atoms with van der Waals surface area (Å²) in [6.45, 7) is 4.08. The largest absolute Gasteiger partial charge is 0.469 e. The third-order valence-corrected chi connectivity index (χ3v) is 18.0. The van der Waals surface area contributed by atoms with Crippen molar-refractivity contribution in [3.8, 4) is 0 Å². The molecule has 6 rings (SSSR count). The van der Waals surface area contributed by atoms with Gasteiger partial charge in [0.1, 0.15) is 0 Å². The second-order valence-corrected chi connectivity index (χ2v) is 19.7. The van der Waals surface area contributed by atoms with Crippen molar-refractivity contribution < 1.29 is 27.9 Å². The van der Waals surface area contributed by atoms with Gasteiger partial charge in [-0.05, 0) is 31.1 Å². The highest BCUT2D eigenvalue weighted by Gasteiger charge is 2.47. The highest BCUT2D eigenvalue weighted by molar-refractivity contribution is 7.07. The lowest BCUT2D eigenvalue weighted by Gasteiger charge is -2.37. The van der Waals surface area contributed by atoms with Gasteiger partial charge in [-0.15, -0.1) is 0 Å². The molecule has 0 heterocycles. The smallest absolute Gasteiger partial charge is 0.333 e. The van der Waals surface area contributed by atoms with Crippen molar-refractivity contribution >= 4 is 59.7 Å². The van der Waals surface area contributed by atoms with Gasteiger partial charge >= 0.3 is 11.9 Å². The Hall–Kier alpha value is -5.65. The van der Waals surface area contributed by atoms with Crippen molar-refractivity contribution in [2.75, 3.05) is 27.4 Å². The van der Waals surface area contributed by atoms with E-state index in [2.05, 4.69) is 79.4 Å². The minimum absolute atomic E-state index is 0.0431. The zero-order valence-corrected chi connectivity index (χ0v) is 32.5. The first kappa shape index (κ1) is 38.1. The number of carbonyl (C=O) groups is 2. The molecule has 0 bridgehead atoms. The highest BCUT2D eigenvalue weighted by Crippen LogP contribution is 2.27. The molecule has 0 fully saturated rings. The standard InChI is InChI=1S/C46H44O6Si2/c1-36(45(47)49-2)43(34-51-53(37-22-10-4-11-23-37,38-24-12-5-13-25-38)39-26-14-6-15-27-39)44(46(48)50-3)35-52-54(40-28-16-7-17-29-40,41-30-18-8-19-31-41)42-32-20-9-21-33-42/h4-33,43-44H,1,34-35H2,2-3H3/t43-,44-/m1/s1. The van der Waals surface area contributed by atoms with Gasteiger partial charge in [0.05, 0.1) is 20.1 Å². The molecule has 0 spiro atoms. The number of hydrogen-bond donors (Lipinski definition) is 0.